The number of thioether (sulfide) groups is 1. The Hall–Kier alpha value is -1.03. The van der Waals surface area contributed by atoms with Gasteiger partial charge >= 0.3 is 0 Å². The van der Waals surface area contributed by atoms with Crippen LogP contribution < -0.4 is 5.32 Å². The Morgan fingerprint density at radius 1 is 1.14 bits per heavy atom. The minimum absolute atomic E-state index is 0.174. The largest absolute Gasteiger partial charge is 0.313 e. The molecule has 2 rings (SSSR count). The Morgan fingerprint density at radius 3 is 2.76 bits per heavy atom. The number of nitrogens with one attached hydrogen (secondary N) is 1. The fourth-order valence-electron chi connectivity index (χ4n) is 1.95. The van der Waals surface area contributed by atoms with Crippen molar-refractivity contribution in [3.8, 4) is 0 Å². The summed E-state index contributed by atoms with van der Waals surface area (Å²) in [7, 11) is 0. The Labute approximate surface area is 134 Å². The van der Waals surface area contributed by atoms with Crippen molar-refractivity contribution < 1.29 is 4.39 Å². The quantitative estimate of drug-likeness (QED) is 0.550. The van der Waals surface area contributed by atoms with Crippen LogP contribution in [0.2, 0.25) is 5.02 Å². The molecule has 0 aromatic heterocycles. The molecule has 1 N–H and O–H groups in total. The molecule has 0 fully saturated rings. The van der Waals surface area contributed by atoms with E-state index in [1.807, 2.05) is 6.07 Å². The summed E-state index contributed by atoms with van der Waals surface area (Å²) in [6, 6.07) is 13.4. The minimum atomic E-state index is -0.354. The zero-order valence-corrected chi connectivity index (χ0v) is 13.6. The SMILES string of the molecule is CCCNCc1cccc(SCc2ccc(Cl)c(F)c2)c1. The first-order valence-corrected chi connectivity index (χ1v) is 8.42. The molecule has 0 aliphatic carbocycles. The molecule has 112 valence electrons. The molecule has 21 heavy (non-hydrogen) atoms. The third kappa shape index (κ3) is 5.34. The van der Waals surface area contributed by atoms with E-state index in [-0.39, 0.29) is 10.8 Å². The van der Waals surface area contributed by atoms with Crippen molar-refractivity contribution in [3.63, 3.8) is 0 Å². The second-order valence-corrected chi connectivity index (χ2v) is 6.32. The molecule has 2 aromatic rings. The number of benzene rings is 2. The monoisotopic (exact) mass is 323 g/mol. The van der Waals surface area contributed by atoms with E-state index in [0.717, 1.165) is 30.8 Å². The molecular weight excluding hydrogens is 305 g/mol. The lowest BCUT2D eigenvalue weighted by atomic mass is 10.2. The number of halogens is 2. The van der Waals surface area contributed by atoms with Gasteiger partial charge in [0.2, 0.25) is 0 Å². The normalized spacial score (nSPS) is 10.8. The lowest BCUT2D eigenvalue weighted by Crippen LogP contribution is -2.13. The van der Waals surface area contributed by atoms with E-state index in [4.69, 9.17) is 11.6 Å². The average molecular weight is 324 g/mol. The predicted octanol–water partition coefficient (Wildman–Crippen LogP) is 5.27. The average Bonchev–Trinajstić information content (AvgIpc) is 2.49. The van der Waals surface area contributed by atoms with Crippen molar-refractivity contribution in [3.05, 3.63) is 64.4 Å². The smallest absolute Gasteiger partial charge is 0.142 e. The van der Waals surface area contributed by atoms with Crippen LogP contribution in [0.5, 0.6) is 0 Å². The van der Waals surface area contributed by atoms with Crippen molar-refractivity contribution in [2.24, 2.45) is 0 Å². The van der Waals surface area contributed by atoms with Crippen LogP contribution in [0.3, 0.4) is 0 Å². The summed E-state index contributed by atoms with van der Waals surface area (Å²) < 4.78 is 13.4. The van der Waals surface area contributed by atoms with E-state index in [0.29, 0.717) is 0 Å². The van der Waals surface area contributed by atoms with Crippen molar-refractivity contribution in [1.82, 2.24) is 5.32 Å². The maximum Gasteiger partial charge on any atom is 0.142 e. The molecule has 0 radical (unpaired) electrons. The Morgan fingerprint density at radius 2 is 2.00 bits per heavy atom. The van der Waals surface area contributed by atoms with Crippen molar-refractivity contribution >= 4 is 23.4 Å². The molecule has 0 spiro atoms. The van der Waals surface area contributed by atoms with Crippen LogP contribution in [0, 0.1) is 5.82 Å². The van der Waals surface area contributed by atoms with Gasteiger partial charge in [0.1, 0.15) is 5.82 Å². The highest BCUT2D eigenvalue weighted by atomic mass is 35.5. The lowest BCUT2D eigenvalue weighted by molar-refractivity contribution is 0.627. The van der Waals surface area contributed by atoms with Gasteiger partial charge in [-0.15, -0.1) is 11.8 Å². The van der Waals surface area contributed by atoms with Crippen LogP contribution in [0.1, 0.15) is 24.5 Å². The maximum atomic E-state index is 13.4. The van der Waals surface area contributed by atoms with Gasteiger partial charge in [-0.1, -0.05) is 36.7 Å². The van der Waals surface area contributed by atoms with Crippen molar-refractivity contribution in [2.75, 3.05) is 6.54 Å². The van der Waals surface area contributed by atoms with Gasteiger partial charge in [-0.25, -0.2) is 4.39 Å². The van der Waals surface area contributed by atoms with Crippen LogP contribution in [0.25, 0.3) is 0 Å². The highest BCUT2D eigenvalue weighted by Crippen LogP contribution is 2.25. The summed E-state index contributed by atoms with van der Waals surface area (Å²) in [5, 5.41) is 3.57. The Kier molecular flexibility index (Phi) is 6.55. The maximum absolute atomic E-state index is 13.4. The third-order valence-electron chi connectivity index (χ3n) is 3.04. The molecule has 0 saturated heterocycles. The standard InChI is InChI=1S/C17H19ClFNS/c1-2-8-20-11-13-4-3-5-15(9-13)21-12-14-6-7-16(18)17(19)10-14/h3-7,9-10,20H,2,8,11-12H2,1H3. The molecule has 0 atom stereocenters. The van der Waals surface area contributed by atoms with E-state index in [1.54, 1.807) is 17.8 Å². The summed E-state index contributed by atoms with van der Waals surface area (Å²) in [4.78, 5) is 1.20. The summed E-state index contributed by atoms with van der Waals surface area (Å²) in [6.45, 7) is 4.07. The predicted molar refractivity (Wildman–Crippen MR) is 89.4 cm³/mol. The highest BCUT2D eigenvalue weighted by molar-refractivity contribution is 7.98. The van der Waals surface area contributed by atoms with Crippen LogP contribution in [-0.2, 0) is 12.3 Å². The number of rotatable bonds is 7. The first-order chi connectivity index (χ1) is 10.2. The molecule has 0 bridgehead atoms. The lowest BCUT2D eigenvalue weighted by Gasteiger charge is -2.07. The van der Waals surface area contributed by atoms with Crippen LogP contribution in [-0.4, -0.2) is 6.54 Å². The summed E-state index contributed by atoms with van der Waals surface area (Å²) in [5.74, 6) is 0.382. The fourth-order valence-corrected chi connectivity index (χ4v) is 2.99. The van der Waals surface area contributed by atoms with Gasteiger partial charge in [0.25, 0.3) is 0 Å². The summed E-state index contributed by atoms with van der Waals surface area (Å²) in [5.41, 5.74) is 2.21. The molecular formula is C17H19ClFNS. The molecule has 0 heterocycles. The summed E-state index contributed by atoms with van der Waals surface area (Å²) >= 11 is 7.39. The van der Waals surface area contributed by atoms with Crippen molar-refractivity contribution in [1.29, 1.82) is 0 Å². The molecule has 1 nitrogen and oxygen atoms in total. The van der Waals surface area contributed by atoms with E-state index < -0.39 is 0 Å². The second kappa shape index (κ2) is 8.42. The Bertz CT molecular complexity index is 589. The molecule has 4 heteroatoms. The molecule has 0 unspecified atom stereocenters. The topological polar surface area (TPSA) is 12.0 Å². The highest BCUT2D eigenvalue weighted by Gasteiger charge is 2.03. The zero-order chi connectivity index (χ0) is 15.1. The van der Waals surface area contributed by atoms with Crippen molar-refractivity contribution in [2.45, 2.75) is 30.5 Å². The van der Waals surface area contributed by atoms with E-state index >= 15 is 0 Å². The van der Waals surface area contributed by atoms with E-state index in [1.165, 1.54) is 16.5 Å². The van der Waals surface area contributed by atoms with Crippen LogP contribution >= 0.6 is 23.4 Å². The van der Waals surface area contributed by atoms with Gasteiger partial charge in [-0.3, -0.25) is 0 Å². The van der Waals surface area contributed by atoms with Gasteiger partial charge in [0.15, 0.2) is 0 Å². The van der Waals surface area contributed by atoms with Gasteiger partial charge in [-0.05, 0) is 48.4 Å². The van der Waals surface area contributed by atoms with Crippen LogP contribution in [0.15, 0.2) is 47.4 Å². The first-order valence-electron chi connectivity index (χ1n) is 7.05. The van der Waals surface area contributed by atoms with Gasteiger partial charge in [0.05, 0.1) is 5.02 Å². The molecule has 2 aromatic carbocycles. The zero-order valence-electron chi connectivity index (χ0n) is 12.0. The van der Waals surface area contributed by atoms with Crippen LogP contribution in [0.4, 0.5) is 4.39 Å². The minimum Gasteiger partial charge on any atom is -0.313 e. The van der Waals surface area contributed by atoms with Gasteiger partial charge < -0.3 is 5.32 Å². The van der Waals surface area contributed by atoms with E-state index in [2.05, 4.69) is 36.5 Å². The molecule has 0 amide bonds. The first kappa shape index (κ1) is 16.3. The molecule has 0 saturated carbocycles. The number of hydrogen-bond donors (Lipinski definition) is 1. The second-order valence-electron chi connectivity index (χ2n) is 4.86. The van der Waals surface area contributed by atoms with E-state index in [9.17, 15) is 4.39 Å². The van der Waals surface area contributed by atoms with Gasteiger partial charge in [0, 0.05) is 17.2 Å². The third-order valence-corrected chi connectivity index (χ3v) is 4.42. The summed E-state index contributed by atoms with van der Waals surface area (Å²) in [6.07, 6.45) is 1.14. The Balaban J connectivity index is 1.93. The number of hydrogen-bond acceptors (Lipinski definition) is 2. The molecule has 0 aliphatic heterocycles. The van der Waals surface area contributed by atoms with Gasteiger partial charge in [-0.2, -0.15) is 0 Å². The molecule has 0 aliphatic rings. The fraction of sp³-hybridized carbons (Fsp3) is 0.294.